The molecule has 0 radical (unpaired) electrons. The molecule has 2 aromatic rings. The fraction of sp³-hybridized carbons (Fsp3) is 0.0769. The maximum Gasteiger partial charge on any atom is 0.109 e. The quantitative estimate of drug-likeness (QED) is 0.634. The first-order valence-corrected chi connectivity index (χ1v) is 5.55. The van der Waals surface area contributed by atoms with Crippen molar-refractivity contribution in [3.8, 4) is 0 Å². The van der Waals surface area contributed by atoms with E-state index in [1.807, 2.05) is 42.5 Å². The maximum atomic E-state index is 8.53. The Kier molecular flexibility index (Phi) is 3.98. The Morgan fingerprint density at radius 2 is 1.82 bits per heavy atom. The maximum absolute atomic E-state index is 8.53. The van der Waals surface area contributed by atoms with Crippen LogP contribution in [0.1, 0.15) is 5.56 Å². The highest BCUT2D eigenvalue weighted by Crippen LogP contribution is 2.29. The summed E-state index contributed by atoms with van der Waals surface area (Å²) in [6, 6.07) is 15.1. The highest BCUT2D eigenvalue weighted by Gasteiger charge is 2.07. The van der Waals surface area contributed by atoms with Crippen LogP contribution in [0.2, 0.25) is 5.02 Å². The zero-order chi connectivity index (χ0) is 12.1. The number of para-hydroxylation sites is 2. The third-order valence-corrected chi connectivity index (χ3v) is 2.68. The van der Waals surface area contributed by atoms with E-state index in [4.69, 9.17) is 16.9 Å². The first-order chi connectivity index (χ1) is 8.31. The van der Waals surface area contributed by atoms with Crippen molar-refractivity contribution in [3.05, 3.63) is 59.1 Å². The molecule has 0 unspecified atom stereocenters. The van der Waals surface area contributed by atoms with Gasteiger partial charge in [-0.2, -0.15) is 0 Å². The topological polar surface area (TPSA) is 41.5 Å². The van der Waals surface area contributed by atoms with Crippen LogP contribution in [0, 0.1) is 0 Å². The molecule has 2 N–H and O–H groups in total. The summed E-state index contributed by atoms with van der Waals surface area (Å²) >= 11 is 6.12. The van der Waals surface area contributed by atoms with Crippen molar-refractivity contribution in [2.24, 2.45) is 0 Å². The lowest BCUT2D eigenvalue weighted by Gasteiger charge is -2.12. The van der Waals surface area contributed by atoms with Gasteiger partial charge in [-0.3, -0.25) is 5.26 Å². The molecule has 0 heterocycles. The number of halogens is 1. The van der Waals surface area contributed by atoms with Crippen molar-refractivity contribution in [2.45, 2.75) is 6.61 Å². The van der Waals surface area contributed by atoms with E-state index in [2.05, 4.69) is 10.2 Å². The molecule has 0 saturated heterocycles. The second-order valence-corrected chi connectivity index (χ2v) is 3.95. The van der Waals surface area contributed by atoms with E-state index in [-0.39, 0.29) is 6.61 Å². The number of anilines is 2. The van der Waals surface area contributed by atoms with E-state index in [0.717, 1.165) is 16.9 Å². The highest BCUT2D eigenvalue weighted by molar-refractivity contribution is 6.33. The van der Waals surface area contributed by atoms with Crippen molar-refractivity contribution in [1.29, 1.82) is 0 Å². The van der Waals surface area contributed by atoms with Crippen LogP contribution in [0.5, 0.6) is 0 Å². The molecule has 0 bridgehead atoms. The minimum Gasteiger partial charge on any atom is -0.354 e. The number of rotatable bonds is 4. The van der Waals surface area contributed by atoms with E-state index in [0.29, 0.717) is 5.02 Å². The molecule has 0 saturated carbocycles. The lowest BCUT2D eigenvalue weighted by atomic mass is 10.2. The Morgan fingerprint density at radius 3 is 2.53 bits per heavy atom. The van der Waals surface area contributed by atoms with Crippen LogP contribution in [0.4, 0.5) is 11.4 Å². The van der Waals surface area contributed by atoms with Crippen LogP contribution in [0.15, 0.2) is 48.5 Å². The van der Waals surface area contributed by atoms with Crippen LogP contribution in [-0.4, -0.2) is 5.26 Å². The molecule has 3 nitrogen and oxygen atoms in total. The third-order valence-electron chi connectivity index (χ3n) is 2.36. The van der Waals surface area contributed by atoms with Gasteiger partial charge in [-0.25, -0.2) is 4.89 Å². The second kappa shape index (κ2) is 5.68. The molecule has 0 aliphatic rings. The molecule has 0 spiro atoms. The zero-order valence-electron chi connectivity index (χ0n) is 9.06. The molecular weight excluding hydrogens is 238 g/mol. The Labute approximate surface area is 105 Å². The fourth-order valence-electron chi connectivity index (χ4n) is 1.56. The molecule has 88 valence electrons. The number of nitrogens with one attached hydrogen (secondary N) is 1. The van der Waals surface area contributed by atoms with Crippen LogP contribution in [0.25, 0.3) is 0 Å². The monoisotopic (exact) mass is 249 g/mol. The fourth-order valence-corrected chi connectivity index (χ4v) is 1.81. The Balaban J connectivity index is 2.31. The molecule has 0 amide bonds. The van der Waals surface area contributed by atoms with Gasteiger partial charge >= 0.3 is 0 Å². The van der Waals surface area contributed by atoms with Gasteiger partial charge in [0.15, 0.2) is 0 Å². The number of hydrogen-bond donors (Lipinski definition) is 2. The van der Waals surface area contributed by atoms with E-state index < -0.39 is 0 Å². The summed E-state index contributed by atoms with van der Waals surface area (Å²) < 4.78 is 0. The second-order valence-electron chi connectivity index (χ2n) is 3.54. The first-order valence-electron chi connectivity index (χ1n) is 5.17. The SMILES string of the molecule is OOCc1cccc(Cl)c1Nc1ccccc1. The minimum absolute atomic E-state index is 0.0930. The van der Waals surface area contributed by atoms with Crippen molar-refractivity contribution in [2.75, 3.05) is 5.32 Å². The standard InChI is InChI=1S/C13H12ClNO2/c14-12-8-4-5-10(9-17-16)13(12)15-11-6-2-1-3-7-11/h1-8,15-16H,9H2. The van der Waals surface area contributed by atoms with Gasteiger partial charge in [0.1, 0.15) is 6.61 Å². The van der Waals surface area contributed by atoms with Crippen molar-refractivity contribution >= 4 is 23.0 Å². The molecule has 0 aliphatic carbocycles. The number of benzene rings is 2. The highest BCUT2D eigenvalue weighted by atomic mass is 35.5. The molecule has 0 fully saturated rings. The van der Waals surface area contributed by atoms with E-state index in [1.165, 1.54) is 0 Å². The lowest BCUT2D eigenvalue weighted by molar-refractivity contribution is -0.252. The molecule has 0 aliphatic heterocycles. The van der Waals surface area contributed by atoms with E-state index >= 15 is 0 Å². The van der Waals surface area contributed by atoms with Gasteiger partial charge in [-0.1, -0.05) is 41.9 Å². The normalized spacial score (nSPS) is 10.2. The summed E-state index contributed by atoms with van der Waals surface area (Å²) in [6.07, 6.45) is 0. The molecule has 2 aromatic carbocycles. The molecule has 2 rings (SSSR count). The number of hydrogen-bond acceptors (Lipinski definition) is 3. The van der Waals surface area contributed by atoms with Gasteiger partial charge in [0.2, 0.25) is 0 Å². The van der Waals surface area contributed by atoms with Crippen LogP contribution >= 0.6 is 11.6 Å². The van der Waals surface area contributed by atoms with Crippen molar-refractivity contribution in [3.63, 3.8) is 0 Å². The summed E-state index contributed by atoms with van der Waals surface area (Å²) in [5.41, 5.74) is 2.47. The summed E-state index contributed by atoms with van der Waals surface area (Å²) in [4.78, 5) is 4.16. The molecule has 0 atom stereocenters. The zero-order valence-corrected chi connectivity index (χ0v) is 9.82. The summed E-state index contributed by atoms with van der Waals surface area (Å²) in [6.45, 7) is 0.0930. The average molecular weight is 250 g/mol. The molecule has 0 aromatic heterocycles. The van der Waals surface area contributed by atoms with Gasteiger partial charge in [-0.05, 0) is 18.2 Å². The van der Waals surface area contributed by atoms with Crippen molar-refractivity contribution < 1.29 is 10.1 Å². The molecule has 4 heteroatoms. The lowest BCUT2D eigenvalue weighted by Crippen LogP contribution is -1.98. The predicted molar refractivity (Wildman–Crippen MR) is 68.6 cm³/mol. The largest absolute Gasteiger partial charge is 0.354 e. The van der Waals surface area contributed by atoms with Gasteiger partial charge in [0, 0.05) is 11.3 Å². The van der Waals surface area contributed by atoms with Crippen LogP contribution in [-0.2, 0) is 11.5 Å². The van der Waals surface area contributed by atoms with Gasteiger partial charge in [0.05, 0.1) is 10.7 Å². The third kappa shape index (κ3) is 2.97. The Hall–Kier alpha value is -1.55. The van der Waals surface area contributed by atoms with Crippen LogP contribution < -0.4 is 5.32 Å². The molecular formula is C13H12ClNO2. The van der Waals surface area contributed by atoms with Crippen molar-refractivity contribution in [1.82, 2.24) is 0 Å². The van der Waals surface area contributed by atoms with Gasteiger partial charge in [-0.15, -0.1) is 0 Å². The van der Waals surface area contributed by atoms with Gasteiger partial charge < -0.3 is 5.32 Å². The summed E-state index contributed by atoms with van der Waals surface area (Å²) in [5, 5.41) is 12.3. The Bertz CT molecular complexity index is 488. The summed E-state index contributed by atoms with van der Waals surface area (Å²) in [5.74, 6) is 0. The minimum atomic E-state index is 0.0930. The Morgan fingerprint density at radius 1 is 1.06 bits per heavy atom. The predicted octanol–water partition coefficient (Wildman–Crippen LogP) is 4.07. The smallest absolute Gasteiger partial charge is 0.109 e. The van der Waals surface area contributed by atoms with Gasteiger partial charge in [0.25, 0.3) is 0 Å². The van der Waals surface area contributed by atoms with E-state index in [1.54, 1.807) is 6.07 Å². The summed E-state index contributed by atoms with van der Waals surface area (Å²) in [7, 11) is 0. The van der Waals surface area contributed by atoms with E-state index in [9.17, 15) is 0 Å². The molecule has 17 heavy (non-hydrogen) atoms. The van der Waals surface area contributed by atoms with Crippen LogP contribution in [0.3, 0.4) is 0 Å². The average Bonchev–Trinajstić information content (AvgIpc) is 2.35. The first kappa shape index (κ1) is 11.9.